The summed E-state index contributed by atoms with van der Waals surface area (Å²) in [6.07, 6.45) is -2.66. The van der Waals surface area contributed by atoms with Gasteiger partial charge in [-0.25, -0.2) is 9.78 Å². The summed E-state index contributed by atoms with van der Waals surface area (Å²) >= 11 is 0. The van der Waals surface area contributed by atoms with Gasteiger partial charge >= 0.3 is 12.1 Å². The molecule has 0 radical (unpaired) electrons. The molecule has 0 saturated carbocycles. The number of rotatable bonds is 11. The van der Waals surface area contributed by atoms with E-state index in [1.807, 2.05) is 60.7 Å². The van der Waals surface area contributed by atoms with Crippen molar-refractivity contribution in [3.05, 3.63) is 137 Å². The number of sulfonamides is 1. The van der Waals surface area contributed by atoms with Gasteiger partial charge in [0.25, 0.3) is 10.0 Å². The molecule has 2 unspecified atom stereocenters. The van der Waals surface area contributed by atoms with E-state index in [4.69, 9.17) is 0 Å². The van der Waals surface area contributed by atoms with E-state index in [2.05, 4.69) is 31.6 Å². The molecule has 0 aliphatic carbocycles. The normalized spacial score (nSPS) is 19.8. The number of benzene rings is 4. The van der Waals surface area contributed by atoms with Crippen LogP contribution in [0.5, 0.6) is 0 Å². The van der Waals surface area contributed by atoms with E-state index in [9.17, 15) is 31.5 Å². The molecule has 2 saturated heterocycles. The Hall–Kier alpha value is -4.78. The number of alkyl halides is 3. The average molecular weight is 687 g/mol. The van der Waals surface area contributed by atoms with Crippen LogP contribution in [0.3, 0.4) is 0 Å². The zero-order chi connectivity index (χ0) is 34.3. The van der Waals surface area contributed by atoms with Crippen molar-refractivity contribution in [1.29, 1.82) is 0 Å². The van der Waals surface area contributed by atoms with Gasteiger partial charge in [0.2, 0.25) is 0 Å². The van der Waals surface area contributed by atoms with E-state index in [-0.39, 0.29) is 6.04 Å². The molecule has 1 aromatic heterocycles. The molecular formula is C37H33F3N4O4S. The fourth-order valence-electron chi connectivity index (χ4n) is 7.12. The Labute approximate surface area is 281 Å². The van der Waals surface area contributed by atoms with Gasteiger partial charge in [-0.3, -0.25) is 14.5 Å². The van der Waals surface area contributed by atoms with Crippen LogP contribution < -0.4 is 4.72 Å². The monoisotopic (exact) mass is 686 g/mol. The van der Waals surface area contributed by atoms with Crippen molar-refractivity contribution in [2.75, 3.05) is 17.8 Å². The van der Waals surface area contributed by atoms with Crippen molar-refractivity contribution in [3.63, 3.8) is 0 Å². The number of aromatic carboxylic acids is 1. The zero-order valence-corrected chi connectivity index (χ0v) is 27.0. The Balaban J connectivity index is 1.05. The van der Waals surface area contributed by atoms with Gasteiger partial charge in [-0.15, -0.1) is 0 Å². The highest BCUT2D eigenvalue weighted by atomic mass is 32.2. The minimum absolute atomic E-state index is 0.160. The van der Waals surface area contributed by atoms with Gasteiger partial charge in [0.1, 0.15) is 0 Å². The first kappa shape index (κ1) is 32.8. The molecule has 4 aromatic carbocycles. The number of aromatic nitrogens is 1. The predicted octanol–water partition coefficient (Wildman–Crippen LogP) is 7.00. The molecule has 0 bridgehead atoms. The Morgan fingerprint density at radius 3 is 2.20 bits per heavy atom. The quantitative estimate of drug-likeness (QED) is 0.144. The minimum atomic E-state index is -4.62. The molecule has 8 nitrogen and oxygen atoms in total. The summed E-state index contributed by atoms with van der Waals surface area (Å²) in [5, 5.41) is 10.7. The molecular weight excluding hydrogens is 653 g/mol. The first-order valence-electron chi connectivity index (χ1n) is 15.9. The van der Waals surface area contributed by atoms with Crippen LogP contribution in [0.1, 0.15) is 45.1 Å². The number of nitrogens with zero attached hydrogens (tertiary/aromatic N) is 3. The lowest BCUT2D eigenvalue weighted by atomic mass is 9.96. The maximum Gasteiger partial charge on any atom is 0.417 e. The number of carboxylic acids is 1. The van der Waals surface area contributed by atoms with E-state index in [0.717, 1.165) is 42.1 Å². The summed E-state index contributed by atoms with van der Waals surface area (Å²) in [7, 11) is -4.24. The fourth-order valence-corrected chi connectivity index (χ4v) is 8.13. The van der Waals surface area contributed by atoms with Crippen LogP contribution in [0.4, 0.5) is 18.9 Å². The number of piperazine rings is 1. The minimum Gasteiger partial charge on any atom is -0.478 e. The predicted molar refractivity (Wildman–Crippen MR) is 180 cm³/mol. The Morgan fingerprint density at radius 2 is 1.53 bits per heavy atom. The highest BCUT2D eigenvalue weighted by molar-refractivity contribution is 7.92. The van der Waals surface area contributed by atoms with Crippen molar-refractivity contribution in [1.82, 2.24) is 14.8 Å². The Bertz CT molecular complexity index is 2100. The molecule has 3 heterocycles. The lowest BCUT2D eigenvalue weighted by Gasteiger charge is -2.27. The third kappa shape index (κ3) is 6.76. The van der Waals surface area contributed by atoms with Gasteiger partial charge in [-0.1, -0.05) is 78.9 Å². The third-order valence-electron chi connectivity index (χ3n) is 9.48. The second-order valence-electron chi connectivity index (χ2n) is 12.5. The molecule has 252 valence electrons. The molecule has 0 spiro atoms. The van der Waals surface area contributed by atoms with Crippen molar-refractivity contribution >= 4 is 32.5 Å². The number of likely N-dealkylation sites (tertiary alicyclic amines) is 1. The van der Waals surface area contributed by atoms with E-state index < -0.39 is 32.8 Å². The molecule has 4 atom stereocenters. The topological polar surface area (TPSA) is 103 Å². The zero-order valence-electron chi connectivity index (χ0n) is 26.2. The van der Waals surface area contributed by atoms with Crippen molar-refractivity contribution in [2.45, 2.75) is 48.7 Å². The van der Waals surface area contributed by atoms with Gasteiger partial charge < -0.3 is 5.11 Å². The highest BCUT2D eigenvalue weighted by Gasteiger charge is 2.56. The number of fused-ring (bicyclic) bond motifs is 2. The lowest BCUT2D eigenvalue weighted by molar-refractivity contribution is -0.137. The number of hydrogen-bond donors (Lipinski definition) is 2. The molecule has 2 fully saturated rings. The molecule has 5 aromatic rings. The van der Waals surface area contributed by atoms with Gasteiger partial charge in [0.15, 0.2) is 5.03 Å². The molecule has 7 rings (SSSR count). The number of anilines is 1. The van der Waals surface area contributed by atoms with Crippen LogP contribution in [-0.2, 0) is 29.2 Å². The SMILES string of the molecule is O=C(O)c1ccccc1CCC(c1ccccc1)N1[C@@H]2CN(Cc3ccc(NS(=O)(=O)c4ccc(C(F)(F)F)cn4)c4ccccc34)C[C@@H]21. The Kier molecular flexibility index (Phi) is 8.64. The van der Waals surface area contributed by atoms with Crippen molar-refractivity contribution < 1.29 is 31.5 Å². The summed E-state index contributed by atoms with van der Waals surface area (Å²) in [5.74, 6) is -0.916. The smallest absolute Gasteiger partial charge is 0.417 e. The Morgan fingerprint density at radius 1 is 0.857 bits per heavy atom. The molecule has 12 heteroatoms. The number of carbonyl (C=O) groups is 1. The maximum atomic E-state index is 13.1. The molecule has 49 heavy (non-hydrogen) atoms. The van der Waals surface area contributed by atoms with Crippen LogP contribution in [0.2, 0.25) is 0 Å². The van der Waals surface area contributed by atoms with Gasteiger partial charge in [0, 0.05) is 49.3 Å². The number of halogens is 3. The van der Waals surface area contributed by atoms with E-state index in [1.165, 1.54) is 5.56 Å². The van der Waals surface area contributed by atoms with Crippen LogP contribution in [0.15, 0.2) is 114 Å². The first-order chi connectivity index (χ1) is 23.5. The summed E-state index contributed by atoms with van der Waals surface area (Å²) < 4.78 is 67.6. The molecule has 2 aliphatic heterocycles. The average Bonchev–Trinajstić information content (AvgIpc) is 3.57. The number of carboxylic acid groups (broad SMARTS) is 1. The number of pyridine rings is 1. The summed E-state index contributed by atoms with van der Waals surface area (Å²) in [5.41, 5.74) is 2.70. The number of aryl methyl sites for hydroxylation is 1. The summed E-state index contributed by atoms with van der Waals surface area (Å²) in [4.78, 5) is 20.3. The summed E-state index contributed by atoms with van der Waals surface area (Å²) in [6.45, 7) is 2.39. The van der Waals surface area contributed by atoms with Crippen LogP contribution in [0, 0.1) is 0 Å². The third-order valence-corrected chi connectivity index (χ3v) is 10.8. The van der Waals surface area contributed by atoms with Crippen molar-refractivity contribution in [3.8, 4) is 0 Å². The van der Waals surface area contributed by atoms with Crippen LogP contribution in [0.25, 0.3) is 10.8 Å². The van der Waals surface area contributed by atoms with E-state index in [0.29, 0.717) is 53.9 Å². The van der Waals surface area contributed by atoms with Crippen molar-refractivity contribution in [2.24, 2.45) is 0 Å². The van der Waals surface area contributed by atoms with Crippen LogP contribution >= 0.6 is 0 Å². The largest absolute Gasteiger partial charge is 0.478 e. The lowest BCUT2D eigenvalue weighted by Crippen LogP contribution is -2.31. The number of hydrogen-bond acceptors (Lipinski definition) is 6. The molecule has 0 amide bonds. The van der Waals surface area contributed by atoms with E-state index in [1.54, 1.807) is 18.2 Å². The second-order valence-corrected chi connectivity index (χ2v) is 14.1. The number of nitrogens with one attached hydrogen (secondary N) is 1. The van der Waals surface area contributed by atoms with Crippen LogP contribution in [-0.4, -0.2) is 59.5 Å². The first-order valence-corrected chi connectivity index (χ1v) is 17.4. The fraction of sp³-hybridized carbons (Fsp3) is 0.243. The highest BCUT2D eigenvalue weighted by Crippen LogP contribution is 2.46. The maximum absolute atomic E-state index is 13.1. The standard InChI is InChI=1S/C37H33F3N4O4S/c38-37(39,40)27-16-19-35(41-20-27)49(47,48)42-31-17-14-26(28-11-6-7-13-30(28)31)21-43-22-33-34(23-43)44(33)32(25-9-2-1-3-10-25)18-15-24-8-4-5-12-29(24)36(45)46/h1-14,16-17,19-20,32-34,42H,15,18,21-23H2,(H,45,46)/t32?,33-,34+,44?. The molecule has 2 aliphatic rings. The van der Waals surface area contributed by atoms with E-state index >= 15 is 0 Å². The van der Waals surface area contributed by atoms with Gasteiger partial charge in [-0.2, -0.15) is 21.6 Å². The molecule has 2 N–H and O–H groups in total. The second kappa shape index (κ2) is 12.9. The van der Waals surface area contributed by atoms with Gasteiger partial charge in [-0.05, 0) is 59.2 Å². The summed E-state index contributed by atoms with van der Waals surface area (Å²) in [6, 6.07) is 31.0. The van der Waals surface area contributed by atoms with Gasteiger partial charge in [0.05, 0.1) is 16.8 Å².